The van der Waals surface area contributed by atoms with E-state index in [0.29, 0.717) is 19.7 Å². The van der Waals surface area contributed by atoms with Crippen molar-refractivity contribution in [2.75, 3.05) is 38.5 Å². The van der Waals surface area contributed by atoms with E-state index in [2.05, 4.69) is 0 Å². The predicted octanol–water partition coefficient (Wildman–Crippen LogP) is -0.386. The molecule has 1 rings (SSSR count). The zero-order valence-corrected chi connectivity index (χ0v) is 10.4. The second-order valence-corrected chi connectivity index (χ2v) is 5.47. The summed E-state index contributed by atoms with van der Waals surface area (Å²) >= 11 is 0. The summed E-state index contributed by atoms with van der Waals surface area (Å²) in [5.74, 6) is -0.521. The van der Waals surface area contributed by atoms with E-state index in [4.69, 9.17) is 10.00 Å². The standard InChI is InChI=1S/C9H15N3O4S/c1-2-16-9(13)11-4-6-12(7-5-11)17(14,15)8-3-10/h2,4-8H2,1H3. The number of hydrogen-bond donors (Lipinski definition) is 0. The van der Waals surface area contributed by atoms with E-state index in [1.165, 1.54) is 9.21 Å². The zero-order chi connectivity index (χ0) is 12.9. The van der Waals surface area contributed by atoms with Gasteiger partial charge >= 0.3 is 6.09 Å². The van der Waals surface area contributed by atoms with E-state index in [1.54, 1.807) is 13.0 Å². The van der Waals surface area contributed by atoms with Crippen molar-refractivity contribution in [2.24, 2.45) is 0 Å². The topological polar surface area (TPSA) is 90.7 Å². The Kier molecular flexibility index (Phi) is 4.72. The highest BCUT2D eigenvalue weighted by Gasteiger charge is 2.28. The highest BCUT2D eigenvalue weighted by molar-refractivity contribution is 7.89. The Hall–Kier alpha value is -1.33. The molecule has 1 aliphatic heterocycles. The van der Waals surface area contributed by atoms with Gasteiger partial charge in [0.05, 0.1) is 12.7 Å². The lowest BCUT2D eigenvalue weighted by Gasteiger charge is -2.32. The Morgan fingerprint density at radius 3 is 2.41 bits per heavy atom. The largest absolute Gasteiger partial charge is 0.450 e. The van der Waals surface area contributed by atoms with Gasteiger partial charge in [-0.3, -0.25) is 0 Å². The first-order chi connectivity index (χ1) is 8.01. The van der Waals surface area contributed by atoms with E-state index in [-0.39, 0.29) is 13.1 Å². The maximum Gasteiger partial charge on any atom is 0.409 e. The summed E-state index contributed by atoms with van der Waals surface area (Å²) in [6, 6.07) is 1.62. The number of carbonyl (C=O) groups excluding carboxylic acids is 1. The number of sulfonamides is 1. The molecule has 0 aromatic heterocycles. The summed E-state index contributed by atoms with van der Waals surface area (Å²) < 4.78 is 29.2. The molecule has 1 fully saturated rings. The van der Waals surface area contributed by atoms with Gasteiger partial charge in [-0.25, -0.2) is 13.2 Å². The van der Waals surface area contributed by atoms with Crippen LogP contribution in [-0.2, 0) is 14.8 Å². The third kappa shape index (κ3) is 3.57. The van der Waals surface area contributed by atoms with Crippen LogP contribution in [0.3, 0.4) is 0 Å². The molecular formula is C9H15N3O4S. The Labute approximate surface area is 101 Å². The number of amides is 1. The minimum atomic E-state index is -3.50. The third-order valence-electron chi connectivity index (χ3n) is 2.40. The Bertz CT molecular complexity index is 406. The van der Waals surface area contributed by atoms with Crippen LogP contribution in [0.25, 0.3) is 0 Å². The number of ether oxygens (including phenoxy) is 1. The van der Waals surface area contributed by atoms with Gasteiger partial charge < -0.3 is 9.64 Å². The molecule has 0 aliphatic carbocycles. The van der Waals surface area contributed by atoms with Crippen molar-refractivity contribution in [3.05, 3.63) is 0 Å². The molecule has 0 aromatic carbocycles. The van der Waals surface area contributed by atoms with Crippen LogP contribution in [-0.4, -0.2) is 62.3 Å². The highest BCUT2D eigenvalue weighted by Crippen LogP contribution is 2.08. The molecule has 0 saturated carbocycles. The van der Waals surface area contributed by atoms with Gasteiger partial charge in [0.15, 0.2) is 5.75 Å². The van der Waals surface area contributed by atoms with Gasteiger partial charge in [-0.2, -0.15) is 9.57 Å². The fraction of sp³-hybridized carbons (Fsp3) is 0.778. The Morgan fingerprint density at radius 2 is 1.94 bits per heavy atom. The van der Waals surface area contributed by atoms with Crippen LogP contribution in [0.1, 0.15) is 6.92 Å². The predicted molar refractivity (Wildman–Crippen MR) is 59.6 cm³/mol. The summed E-state index contributed by atoms with van der Waals surface area (Å²) in [4.78, 5) is 12.8. The molecule has 1 heterocycles. The minimum absolute atomic E-state index is 0.211. The molecule has 0 bridgehead atoms. The van der Waals surface area contributed by atoms with E-state index in [9.17, 15) is 13.2 Å². The van der Waals surface area contributed by atoms with Crippen molar-refractivity contribution < 1.29 is 17.9 Å². The lowest BCUT2D eigenvalue weighted by Crippen LogP contribution is -2.51. The third-order valence-corrected chi connectivity index (χ3v) is 4.05. The van der Waals surface area contributed by atoms with Crippen molar-refractivity contribution in [1.82, 2.24) is 9.21 Å². The number of piperazine rings is 1. The summed E-state index contributed by atoms with van der Waals surface area (Å²) in [7, 11) is -3.50. The molecule has 0 radical (unpaired) electrons. The van der Waals surface area contributed by atoms with E-state index < -0.39 is 21.9 Å². The summed E-state index contributed by atoms with van der Waals surface area (Å²) in [5, 5.41) is 8.40. The number of nitrogens with zero attached hydrogens (tertiary/aromatic N) is 3. The van der Waals surface area contributed by atoms with Crippen molar-refractivity contribution in [3.63, 3.8) is 0 Å². The molecule has 0 atom stereocenters. The van der Waals surface area contributed by atoms with Crippen LogP contribution in [0.2, 0.25) is 0 Å². The molecule has 1 aliphatic rings. The Morgan fingerprint density at radius 1 is 1.35 bits per heavy atom. The zero-order valence-electron chi connectivity index (χ0n) is 9.63. The van der Waals surface area contributed by atoms with Crippen LogP contribution in [0.4, 0.5) is 4.79 Å². The SMILES string of the molecule is CCOC(=O)N1CCN(S(=O)(=O)CC#N)CC1. The molecule has 1 saturated heterocycles. The lowest BCUT2D eigenvalue weighted by atomic mass is 10.4. The molecule has 1 amide bonds. The molecule has 7 nitrogen and oxygen atoms in total. The van der Waals surface area contributed by atoms with E-state index in [1.807, 2.05) is 0 Å². The van der Waals surface area contributed by atoms with Gasteiger partial charge in [0.25, 0.3) is 0 Å². The monoisotopic (exact) mass is 261 g/mol. The quantitative estimate of drug-likeness (QED) is 0.690. The average Bonchev–Trinajstić information content (AvgIpc) is 2.29. The van der Waals surface area contributed by atoms with Crippen LogP contribution < -0.4 is 0 Å². The van der Waals surface area contributed by atoms with Gasteiger partial charge in [-0.05, 0) is 6.92 Å². The molecule has 0 spiro atoms. The van der Waals surface area contributed by atoms with Crippen LogP contribution >= 0.6 is 0 Å². The summed E-state index contributed by atoms with van der Waals surface area (Å²) in [5.41, 5.74) is 0. The Balaban J connectivity index is 2.52. The second-order valence-electron chi connectivity index (χ2n) is 3.50. The summed E-state index contributed by atoms with van der Waals surface area (Å²) in [6.45, 7) is 3.02. The van der Waals surface area contributed by atoms with Gasteiger partial charge in [0.1, 0.15) is 0 Å². The molecular weight excluding hydrogens is 246 g/mol. The van der Waals surface area contributed by atoms with Crippen molar-refractivity contribution in [3.8, 4) is 6.07 Å². The second kappa shape index (κ2) is 5.84. The van der Waals surface area contributed by atoms with Crippen LogP contribution in [0.15, 0.2) is 0 Å². The van der Waals surface area contributed by atoms with Crippen molar-refractivity contribution in [2.45, 2.75) is 6.92 Å². The first kappa shape index (κ1) is 13.7. The number of rotatable bonds is 3. The fourth-order valence-electron chi connectivity index (χ4n) is 1.54. The van der Waals surface area contributed by atoms with E-state index in [0.717, 1.165) is 0 Å². The van der Waals surface area contributed by atoms with Crippen LogP contribution in [0, 0.1) is 11.3 Å². The van der Waals surface area contributed by atoms with Gasteiger partial charge in [0.2, 0.25) is 10.0 Å². The van der Waals surface area contributed by atoms with Crippen molar-refractivity contribution >= 4 is 16.1 Å². The molecule has 17 heavy (non-hydrogen) atoms. The maximum absolute atomic E-state index is 11.6. The van der Waals surface area contributed by atoms with E-state index >= 15 is 0 Å². The minimum Gasteiger partial charge on any atom is -0.450 e. The maximum atomic E-state index is 11.6. The first-order valence-electron chi connectivity index (χ1n) is 5.27. The van der Waals surface area contributed by atoms with Crippen molar-refractivity contribution in [1.29, 1.82) is 5.26 Å². The molecule has 0 N–H and O–H groups in total. The number of hydrogen-bond acceptors (Lipinski definition) is 5. The summed E-state index contributed by atoms with van der Waals surface area (Å²) in [6.07, 6.45) is -0.426. The molecule has 8 heteroatoms. The fourth-order valence-corrected chi connectivity index (χ4v) is 2.60. The molecule has 0 aromatic rings. The normalized spacial score (nSPS) is 17.5. The number of carbonyl (C=O) groups is 1. The highest BCUT2D eigenvalue weighted by atomic mass is 32.2. The smallest absolute Gasteiger partial charge is 0.409 e. The van der Waals surface area contributed by atoms with Gasteiger partial charge in [-0.15, -0.1) is 0 Å². The van der Waals surface area contributed by atoms with Gasteiger partial charge in [-0.1, -0.05) is 0 Å². The average molecular weight is 261 g/mol. The molecule has 96 valence electrons. The number of nitriles is 1. The lowest BCUT2D eigenvalue weighted by molar-refractivity contribution is 0.0934. The first-order valence-corrected chi connectivity index (χ1v) is 6.88. The van der Waals surface area contributed by atoms with Crippen LogP contribution in [0.5, 0.6) is 0 Å². The molecule has 0 unspecified atom stereocenters. The van der Waals surface area contributed by atoms with Gasteiger partial charge in [0, 0.05) is 26.2 Å².